The van der Waals surface area contributed by atoms with Gasteiger partial charge in [0.2, 0.25) is 0 Å². The molecule has 0 radical (unpaired) electrons. The van der Waals surface area contributed by atoms with Crippen LogP contribution in [0.1, 0.15) is 194 Å². The lowest BCUT2D eigenvalue weighted by Crippen LogP contribution is -2.37. The van der Waals surface area contributed by atoms with Gasteiger partial charge in [-0.05, 0) is 57.8 Å². The van der Waals surface area contributed by atoms with E-state index in [-0.39, 0.29) is 26.1 Å². The zero-order valence-electron chi connectivity index (χ0n) is 38.0. The second kappa shape index (κ2) is 40.4. The van der Waals surface area contributed by atoms with Gasteiger partial charge in [-0.25, -0.2) is 4.57 Å². The van der Waals surface area contributed by atoms with Gasteiger partial charge in [0.15, 0.2) is 6.10 Å². The summed E-state index contributed by atoms with van der Waals surface area (Å²) in [4.78, 5) is 35.4. The first-order valence-electron chi connectivity index (χ1n) is 23.4. The highest BCUT2D eigenvalue weighted by molar-refractivity contribution is 7.47. The first-order chi connectivity index (χ1) is 28.0. The Morgan fingerprint density at radius 3 is 1.41 bits per heavy atom. The van der Waals surface area contributed by atoms with E-state index >= 15 is 0 Å². The Labute approximate surface area is 356 Å². The maximum Gasteiger partial charge on any atom is 0.472 e. The van der Waals surface area contributed by atoms with E-state index in [4.69, 9.17) is 18.5 Å². The SMILES string of the molecule is CCCCC/C=C\C/C=C\C/C=C\C/C=C\CCCCCC(=O)OCC(COP(=O)(O)OCC[N+](C)(C)C)OC(=O)CCCCCCCCCCCCCCCCC. The Morgan fingerprint density at radius 2 is 0.931 bits per heavy atom. The Kier molecular flexibility index (Phi) is 39.0. The van der Waals surface area contributed by atoms with Crippen LogP contribution in [0.25, 0.3) is 0 Å². The molecule has 0 aromatic carbocycles. The summed E-state index contributed by atoms with van der Waals surface area (Å²) in [7, 11) is 1.46. The Morgan fingerprint density at radius 1 is 0.534 bits per heavy atom. The highest BCUT2D eigenvalue weighted by Crippen LogP contribution is 2.43. The van der Waals surface area contributed by atoms with Crippen LogP contribution in [0.15, 0.2) is 48.6 Å². The first-order valence-corrected chi connectivity index (χ1v) is 24.9. The average Bonchev–Trinajstić information content (AvgIpc) is 3.17. The maximum atomic E-state index is 12.7. The third-order valence-electron chi connectivity index (χ3n) is 9.86. The summed E-state index contributed by atoms with van der Waals surface area (Å²) >= 11 is 0. The molecule has 0 aromatic heterocycles. The largest absolute Gasteiger partial charge is 0.472 e. The lowest BCUT2D eigenvalue weighted by atomic mass is 10.0. The van der Waals surface area contributed by atoms with E-state index in [9.17, 15) is 19.0 Å². The van der Waals surface area contributed by atoms with Gasteiger partial charge in [0.05, 0.1) is 27.7 Å². The number of ether oxygens (including phenoxy) is 2. The van der Waals surface area contributed by atoms with Crippen LogP contribution in [-0.4, -0.2) is 74.9 Å². The number of unbranched alkanes of at least 4 members (excludes halogenated alkanes) is 20. The molecule has 2 atom stereocenters. The van der Waals surface area contributed by atoms with Gasteiger partial charge in [0.1, 0.15) is 19.8 Å². The number of phosphoric acid groups is 1. The predicted molar refractivity (Wildman–Crippen MR) is 243 cm³/mol. The van der Waals surface area contributed by atoms with Crippen LogP contribution in [0.3, 0.4) is 0 Å². The average molecular weight is 839 g/mol. The predicted octanol–water partition coefficient (Wildman–Crippen LogP) is 13.5. The van der Waals surface area contributed by atoms with Gasteiger partial charge in [-0.2, -0.15) is 0 Å². The monoisotopic (exact) mass is 839 g/mol. The van der Waals surface area contributed by atoms with Gasteiger partial charge < -0.3 is 18.9 Å². The van der Waals surface area contributed by atoms with E-state index < -0.39 is 32.5 Å². The molecule has 0 saturated carbocycles. The maximum absolute atomic E-state index is 12.7. The number of carbonyl (C=O) groups excluding carboxylic acids is 2. The molecule has 0 aliphatic carbocycles. The molecule has 0 amide bonds. The van der Waals surface area contributed by atoms with Crippen LogP contribution in [0.4, 0.5) is 0 Å². The number of esters is 2. The summed E-state index contributed by atoms with van der Waals surface area (Å²) < 4.78 is 34.3. The van der Waals surface area contributed by atoms with E-state index in [1.54, 1.807) is 0 Å². The standard InChI is InChI=1S/C48H88NO8P/c1-6-8-10-12-14-16-18-20-22-23-24-25-27-28-30-32-34-36-38-40-47(50)54-44-46(45-56-58(52,53)55-43-42-49(3,4)5)57-48(51)41-39-37-35-33-31-29-26-21-19-17-15-13-11-9-7-2/h14,16,20,22,24-25,28,30,46H,6-13,15,17-19,21,23,26-27,29,31-45H2,1-5H3/p+1/b16-14-,22-20-,25-24-,30-28-. The first kappa shape index (κ1) is 56.0. The normalized spacial score (nSPS) is 14.0. The van der Waals surface area contributed by atoms with Crippen molar-refractivity contribution in [3.05, 3.63) is 48.6 Å². The number of rotatable bonds is 42. The summed E-state index contributed by atoms with van der Waals surface area (Å²) in [5.41, 5.74) is 0. The molecular weight excluding hydrogens is 750 g/mol. The minimum absolute atomic E-state index is 0.0261. The summed E-state index contributed by atoms with van der Waals surface area (Å²) in [6, 6.07) is 0. The molecule has 0 aliphatic rings. The Balaban J connectivity index is 4.38. The molecule has 9 nitrogen and oxygen atoms in total. The fourth-order valence-electron chi connectivity index (χ4n) is 6.17. The van der Waals surface area contributed by atoms with Gasteiger partial charge in [-0.1, -0.05) is 172 Å². The molecule has 0 fully saturated rings. The minimum atomic E-state index is -4.38. The number of hydrogen-bond acceptors (Lipinski definition) is 7. The van der Waals surface area contributed by atoms with Crippen LogP contribution >= 0.6 is 7.82 Å². The molecule has 1 N–H and O–H groups in total. The summed E-state index contributed by atoms with van der Waals surface area (Å²) in [6.45, 7) is 4.37. The van der Waals surface area contributed by atoms with Crippen molar-refractivity contribution >= 4 is 19.8 Å². The molecular formula is C48H89NO8P+. The second-order valence-corrected chi connectivity index (χ2v) is 18.2. The number of hydrogen-bond donors (Lipinski definition) is 1. The topological polar surface area (TPSA) is 108 Å². The van der Waals surface area contributed by atoms with Gasteiger partial charge in [-0.3, -0.25) is 18.6 Å². The van der Waals surface area contributed by atoms with E-state index in [0.29, 0.717) is 23.9 Å². The molecule has 0 rings (SSSR count). The zero-order valence-corrected chi connectivity index (χ0v) is 38.9. The number of phosphoric ester groups is 1. The van der Waals surface area contributed by atoms with Gasteiger partial charge in [0, 0.05) is 12.8 Å². The highest BCUT2D eigenvalue weighted by atomic mass is 31.2. The second-order valence-electron chi connectivity index (χ2n) is 16.8. The van der Waals surface area contributed by atoms with E-state index in [1.807, 2.05) is 21.1 Å². The smallest absolute Gasteiger partial charge is 0.462 e. The van der Waals surface area contributed by atoms with Crippen molar-refractivity contribution in [3.63, 3.8) is 0 Å². The van der Waals surface area contributed by atoms with Crippen LogP contribution in [0.2, 0.25) is 0 Å². The molecule has 0 spiro atoms. The van der Waals surface area contributed by atoms with Crippen LogP contribution in [0, 0.1) is 0 Å². The quantitative estimate of drug-likeness (QED) is 0.0213. The van der Waals surface area contributed by atoms with Crippen molar-refractivity contribution in [3.8, 4) is 0 Å². The van der Waals surface area contributed by atoms with Gasteiger partial charge >= 0.3 is 19.8 Å². The molecule has 0 aliphatic heterocycles. The van der Waals surface area contributed by atoms with Crippen LogP contribution in [0.5, 0.6) is 0 Å². The molecule has 0 heterocycles. The number of likely N-dealkylation sites (N-methyl/N-ethyl adjacent to an activating group) is 1. The molecule has 0 bridgehead atoms. The van der Waals surface area contributed by atoms with Crippen molar-refractivity contribution in [1.82, 2.24) is 0 Å². The minimum Gasteiger partial charge on any atom is -0.462 e. The number of carbonyl (C=O) groups is 2. The van der Waals surface area contributed by atoms with Crippen molar-refractivity contribution < 1.29 is 42.1 Å². The number of nitrogens with zero attached hydrogens (tertiary/aromatic N) is 1. The molecule has 0 aromatic rings. The molecule has 10 heteroatoms. The number of allylic oxidation sites excluding steroid dienone is 8. The molecule has 338 valence electrons. The van der Waals surface area contributed by atoms with Crippen molar-refractivity contribution in [2.75, 3.05) is 47.5 Å². The van der Waals surface area contributed by atoms with Gasteiger partial charge in [-0.15, -0.1) is 0 Å². The molecule has 0 saturated heterocycles. The zero-order chi connectivity index (χ0) is 42.8. The van der Waals surface area contributed by atoms with E-state index in [0.717, 1.165) is 51.4 Å². The van der Waals surface area contributed by atoms with Crippen molar-refractivity contribution in [2.45, 2.75) is 200 Å². The summed E-state index contributed by atoms with van der Waals surface area (Å²) in [5, 5.41) is 0. The lowest BCUT2D eigenvalue weighted by molar-refractivity contribution is -0.870. The fourth-order valence-corrected chi connectivity index (χ4v) is 6.92. The van der Waals surface area contributed by atoms with Crippen molar-refractivity contribution in [1.29, 1.82) is 0 Å². The van der Waals surface area contributed by atoms with E-state index in [2.05, 4.69) is 62.5 Å². The Bertz CT molecular complexity index is 1130. The van der Waals surface area contributed by atoms with Crippen LogP contribution in [-0.2, 0) is 32.7 Å². The molecule has 58 heavy (non-hydrogen) atoms. The third kappa shape index (κ3) is 43.5. The van der Waals surface area contributed by atoms with Crippen LogP contribution < -0.4 is 0 Å². The third-order valence-corrected chi connectivity index (χ3v) is 10.8. The van der Waals surface area contributed by atoms with Crippen molar-refractivity contribution in [2.24, 2.45) is 0 Å². The van der Waals surface area contributed by atoms with Gasteiger partial charge in [0.25, 0.3) is 0 Å². The molecule has 2 unspecified atom stereocenters. The number of quaternary nitrogens is 1. The fraction of sp³-hybridized carbons (Fsp3) is 0.792. The van der Waals surface area contributed by atoms with E-state index in [1.165, 1.54) is 103 Å². The lowest BCUT2D eigenvalue weighted by Gasteiger charge is -2.24. The highest BCUT2D eigenvalue weighted by Gasteiger charge is 2.27. The Hall–Kier alpha value is -2.03. The summed E-state index contributed by atoms with van der Waals surface area (Å²) in [5.74, 6) is -0.831. The summed E-state index contributed by atoms with van der Waals surface area (Å²) in [6.07, 6.45) is 47.2.